The number of aliphatic hydroxyl groups excluding tert-OH is 1. The molecule has 0 aromatic carbocycles. The summed E-state index contributed by atoms with van der Waals surface area (Å²) in [5, 5.41) is 9.43. The summed E-state index contributed by atoms with van der Waals surface area (Å²) >= 11 is 0. The molecule has 0 aliphatic rings. The van der Waals surface area contributed by atoms with Crippen molar-refractivity contribution in [3.8, 4) is 0 Å². The Kier molecular flexibility index (Phi) is 8.26. The molecule has 0 radical (unpaired) electrons. The van der Waals surface area contributed by atoms with Crippen LogP contribution in [-0.2, 0) is 13.6 Å². The highest BCUT2D eigenvalue weighted by atomic mass is 31.2. The molecule has 110 valence electrons. The molecule has 0 bridgehead atoms. The first kappa shape index (κ1) is 18.0. The fourth-order valence-electron chi connectivity index (χ4n) is 1.25. The van der Waals surface area contributed by atoms with Crippen LogP contribution in [0.15, 0.2) is 0 Å². The number of hydrogen-bond donors (Lipinski definition) is 2. The predicted molar refractivity (Wildman–Crippen MR) is 70.2 cm³/mol. The summed E-state index contributed by atoms with van der Waals surface area (Å²) in [4.78, 5) is 9.38. The van der Waals surface area contributed by atoms with Gasteiger partial charge in [-0.25, -0.2) is 4.57 Å². The van der Waals surface area contributed by atoms with Gasteiger partial charge in [0.25, 0.3) is 0 Å². The monoisotopic (exact) mass is 284 g/mol. The lowest BCUT2D eigenvalue weighted by molar-refractivity contribution is -0.870. The summed E-state index contributed by atoms with van der Waals surface area (Å²) in [7, 11) is 1.92. The zero-order valence-corrected chi connectivity index (χ0v) is 12.7. The van der Waals surface area contributed by atoms with Gasteiger partial charge in [-0.15, -0.1) is 0 Å². The van der Waals surface area contributed by atoms with Crippen LogP contribution in [0.3, 0.4) is 0 Å². The molecule has 6 nitrogen and oxygen atoms in total. The quantitative estimate of drug-likeness (QED) is 0.468. The molecule has 18 heavy (non-hydrogen) atoms. The molecule has 0 aromatic rings. The second-order valence-electron chi connectivity index (χ2n) is 5.38. The zero-order valence-electron chi connectivity index (χ0n) is 11.8. The van der Waals surface area contributed by atoms with E-state index in [1.807, 2.05) is 28.1 Å². The number of quaternary nitrogens is 1. The van der Waals surface area contributed by atoms with Crippen LogP contribution in [0.5, 0.6) is 0 Å². The molecule has 0 heterocycles. The van der Waals surface area contributed by atoms with Gasteiger partial charge in [-0.05, 0) is 12.8 Å². The van der Waals surface area contributed by atoms with Gasteiger partial charge in [0.2, 0.25) is 0 Å². The van der Waals surface area contributed by atoms with Crippen molar-refractivity contribution >= 4 is 7.82 Å². The molecule has 2 unspecified atom stereocenters. The molecular formula is C11H27NO5P+. The van der Waals surface area contributed by atoms with Gasteiger partial charge in [-0.3, -0.25) is 9.05 Å². The highest BCUT2D eigenvalue weighted by Crippen LogP contribution is 2.43. The van der Waals surface area contributed by atoms with E-state index in [0.717, 1.165) is 6.42 Å². The van der Waals surface area contributed by atoms with Crippen molar-refractivity contribution in [2.45, 2.75) is 32.3 Å². The van der Waals surface area contributed by atoms with Gasteiger partial charge in [0.1, 0.15) is 13.2 Å². The highest BCUT2D eigenvalue weighted by Gasteiger charge is 2.22. The zero-order chi connectivity index (χ0) is 14.2. The number of phosphoric acid groups is 1. The molecule has 0 aliphatic carbocycles. The van der Waals surface area contributed by atoms with E-state index in [9.17, 15) is 14.6 Å². The fraction of sp³-hybridized carbons (Fsp3) is 1.00. The Morgan fingerprint density at radius 2 is 1.72 bits per heavy atom. The molecule has 0 aromatic heterocycles. The van der Waals surface area contributed by atoms with Crippen molar-refractivity contribution in [1.29, 1.82) is 0 Å². The maximum atomic E-state index is 11.5. The maximum absolute atomic E-state index is 11.5. The lowest BCUT2D eigenvalue weighted by Crippen LogP contribution is -2.37. The summed E-state index contributed by atoms with van der Waals surface area (Å²) in [5.74, 6) is 0. The van der Waals surface area contributed by atoms with Crippen LogP contribution in [0.2, 0.25) is 0 Å². The van der Waals surface area contributed by atoms with Gasteiger partial charge in [0.15, 0.2) is 0 Å². The Morgan fingerprint density at radius 3 is 2.22 bits per heavy atom. The van der Waals surface area contributed by atoms with E-state index in [4.69, 9.17) is 9.05 Å². The Hall–Kier alpha value is 0.0300. The lowest BCUT2D eigenvalue weighted by atomic mass is 10.2. The maximum Gasteiger partial charge on any atom is 0.472 e. The number of aliphatic hydroxyl groups is 1. The number of hydrogen-bond acceptors (Lipinski definition) is 4. The first-order chi connectivity index (χ1) is 8.16. The molecule has 0 saturated heterocycles. The summed E-state index contributed by atoms with van der Waals surface area (Å²) in [6.07, 6.45) is 1.40. The second kappa shape index (κ2) is 8.25. The minimum atomic E-state index is -3.97. The summed E-state index contributed by atoms with van der Waals surface area (Å²) in [5.41, 5.74) is 0. The average Bonchev–Trinajstić information content (AvgIpc) is 2.14. The van der Waals surface area contributed by atoms with E-state index in [-0.39, 0.29) is 13.2 Å². The van der Waals surface area contributed by atoms with Gasteiger partial charge in [0.05, 0.1) is 33.9 Å². The number of nitrogens with zero attached hydrogens (tertiary/aromatic N) is 1. The Balaban J connectivity index is 3.77. The SMILES string of the molecule is CCCC(O)CCOP(=O)(O)OCC[N+](C)(C)C. The first-order valence-electron chi connectivity index (χ1n) is 6.26. The van der Waals surface area contributed by atoms with Crippen molar-refractivity contribution in [2.75, 3.05) is 40.9 Å². The van der Waals surface area contributed by atoms with E-state index < -0.39 is 13.9 Å². The van der Waals surface area contributed by atoms with Crippen LogP contribution in [0.1, 0.15) is 26.2 Å². The van der Waals surface area contributed by atoms with E-state index in [0.29, 0.717) is 23.9 Å². The van der Waals surface area contributed by atoms with E-state index >= 15 is 0 Å². The highest BCUT2D eigenvalue weighted by molar-refractivity contribution is 7.47. The van der Waals surface area contributed by atoms with Gasteiger partial charge < -0.3 is 14.5 Å². The summed E-state index contributed by atoms with van der Waals surface area (Å²) in [6, 6.07) is 0. The van der Waals surface area contributed by atoms with Crippen LogP contribution in [-0.4, -0.2) is 61.5 Å². The normalized spacial score (nSPS) is 17.4. The molecule has 0 aliphatic heterocycles. The third-order valence-electron chi connectivity index (χ3n) is 2.34. The van der Waals surface area contributed by atoms with E-state index in [1.54, 1.807) is 0 Å². The minimum absolute atomic E-state index is 0.0271. The molecule has 2 N–H and O–H groups in total. The second-order valence-corrected chi connectivity index (χ2v) is 6.83. The lowest BCUT2D eigenvalue weighted by Gasteiger charge is -2.24. The molecule has 0 fully saturated rings. The fourth-order valence-corrected chi connectivity index (χ4v) is 1.97. The van der Waals surface area contributed by atoms with Crippen molar-refractivity contribution in [3.05, 3.63) is 0 Å². The smallest absolute Gasteiger partial charge is 0.393 e. The number of rotatable bonds is 10. The molecule has 7 heteroatoms. The van der Waals surface area contributed by atoms with Crippen LogP contribution in [0, 0.1) is 0 Å². The van der Waals surface area contributed by atoms with Gasteiger partial charge in [0, 0.05) is 0 Å². The molecule has 0 amide bonds. The Bertz CT molecular complexity index is 267. The standard InChI is InChI=1S/C11H26NO5P/c1-5-6-11(13)7-9-16-18(14,15)17-10-8-12(2,3)4/h11,13H,5-10H2,1-4H3/p+1. The summed E-state index contributed by atoms with van der Waals surface area (Å²) < 4.78 is 21.7. The van der Waals surface area contributed by atoms with Crippen molar-refractivity contribution in [2.24, 2.45) is 0 Å². The van der Waals surface area contributed by atoms with Crippen molar-refractivity contribution in [1.82, 2.24) is 0 Å². The van der Waals surface area contributed by atoms with E-state index in [2.05, 4.69) is 0 Å². The largest absolute Gasteiger partial charge is 0.472 e. The number of likely N-dealkylation sites (N-methyl/N-ethyl adjacent to an activating group) is 1. The summed E-state index contributed by atoms with van der Waals surface area (Å²) in [6.45, 7) is 2.77. The van der Waals surface area contributed by atoms with Gasteiger partial charge in [-0.1, -0.05) is 13.3 Å². The average molecular weight is 284 g/mol. The van der Waals surface area contributed by atoms with Gasteiger partial charge in [-0.2, -0.15) is 0 Å². The van der Waals surface area contributed by atoms with Crippen LogP contribution >= 0.6 is 7.82 Å². The van der Waals surface area contributed by atoms with Crippen LogP contribution in [0.4, 0.5) is 0 Å². The van der Waals surface area contributed by atoms with Crippen molar-refractivity contribution < 1.29 is 28.1 Å². The van der Waals surface area contributed by atoms with Crippen LogP contribution < -0.4 is 0 Å². The molecule has 0 saturated carbocycles. The Labute approximate surface area is 110 Å². The minimum Gasteiger partial charge on any atom is -0.393 e. The molecule has 0 rings (SSSR count). The van der Waals surface area contributed by atoms with Gasteiger partial charge >= 0.3 is 7.82 Å². The Morgan fingerprint density at radius 1 is 1.17 bits per heavy atom. The number of phosphoric ester groups is 1. The first-order valence-corrected chi connectivity index (χ1v) is 7.76. The molecular weight excluding hydrogens is 257 g/mol. The third-order valence-corrected chi connectivity index (χ3v) is 3.36. The van der Waals surface area contributed by atoms with Crippen molar-refractivity contribution in [3.63, 3.8) is 0 Å². The predicted octanol–water partition coefficient (Wildman–Crippen LogP) is 1.38. The van der Waals surface area contributed by atoms with Crippen LogP contribution in [0.25, 0.3) is 0 Å². The molecule has 2 atom stereocenters. The topological polar surface area (TPSA) is 76.0 Å². The third kappa shape index (κ3) is 11.1. The molecule has 0 spiro atoms. The van der Waals surface area contributed by atoms with E-state index in [1.165, 1.54) is 0 Å².